The standard InChI is InChI=1S/C19H22ClN5O5S/c1-12(30-19(27)16-17(21)23-8-7-22-16)18(26)24-15-11-13(5-6-14(15)20)31(28,29)25-9-3-2-4-10-25/h5-8,11-12H,2-4,9-10H2,1H3,(H2,21,23)(H,24,26)/t12-/m1/s1. The minimum atomic E-state index is -3.71. The van der Waals surface area contributed by atoms with E-state index in [1.54, 1.807) is 0 Å². The lowest BCUT2D eigenvalue weighted by Crippen LogP contribution is -2.35. The van der Waals surface area contributed by atoms with Gasteiger partial charge in [0.15, 0.2) is 17.6 Å². The predicted molar refractivity (Wildman–Crippen MR) is 114 cm³/mol. The van der Waals surface area contributed by atoms with Crippen LogP contribution in [0, 0.1) is 0 Å². The van der Waals surface area contributed by atoms with E-state index >= 15 is 0 Å². The van der Waals surface area contributed by atoms with Crippen LogP contribution < -0.4 is 11.1 Å². The first-order valence-corrected chi connectivity index (χ1v) is 11.4. The van der Waals surface area contributed by atoms with Gasteiger partial charge in [0.1, 0.15) is 0 Å². The van der Waals surface area contributed by atoms with Crippen molar-refractivity contribution < 1.29 is 22.7 Å². The molecule has 0 unspecified atom stereocenters. The second-order valence-corrected chi connectivity index (χ2v) is 9.28. The highest BCUT2D eigenvalue weighted by Crippen LogP contribution is 2.28. The number of nitrogen functional groups attached to an aromatic ring is 1. The monoisotopic (exact) mass is 467 g/mol. The number of anilines is 2. The molecule has 1 aromatic heterocycles. The summed E-state index contributed by atoms with van der Waals surface area (Å²) in [6.07, 6.45) is 3.95. The van der Waals surface area contributed by atoms with Crippen molar-refractivity contribution >= 4 is 45.0 Å². The molecular weight excluding hydrogens is 446 g/mol. The number of nitrogens with zero attached hydrogens (tertiary/aromatic N) is 3. The maximum Gasteiger partial charge on any atom is 0.361 e. The second-order valence-electron chi connectivity index (χ2n) is 6.93. The molecule has 0 saturated carbocycles. The number of amides is 1. The number of carbonyl (C=O) groups excluding carboxylic acids is 2. The van der Waals surface area contributed by atoms with E-state index in [1.807, 2.05) is 0 Å². The SMILES string of the molecule is C[C@@H](OC(=O)c1nccnc1N)C(=O)Nc1cc(S(=O)(=O)N2CCCCC2)ccc1Cl. The summed E-state index contributed by atoms with van der Waals surface area (Å²) < 4.78 is 32.3. The number of nitrogens with two attached hydrogens (primary N) is 1. The molecule has 0 spiro atoms. The van der Waals surface area contributed by atoms with Crippen LogP contribution in [-0.2, 0) is 19.6 Å². The number of aromatic nitrogens is 2. The lowest BCUT2D eigenvalue weighted by atomic mass is 10.2. The van der Waals surface area contributed by atoms with Crippen LogP contribution in [0.15, 0.2) is 35.5 Å². The molecule has 2 heterocycles. The van der Waals surface area contributed by atoms with Gasteiger partial charge in [-0.3, -0.25) is 4.79 Å². The topological polar surface area (TPSA) is 145 Å². The Hall–Kier alpha value is -2.76. The number of benzene rings is 1. The Bertz CT molecular complexity index is 1090. The lowest BCUT2D eigenvalue weighted by Gasteiger charge is -2.26. The molecule has 1 aromatic carbocycles. The van der Waals surface area contributed by atoms with Gasteiger partial charge in [-0.05, 0) is 38.0 Å². The number of esters is 1. The normalized spacial score (nSPS) is 15.8. The Morgan fingerprint density at radius 3 is 2.55 bits per heavy atom. The molecule has 1 atom stereocenters. The zero-order valence-corrected chi connectivity index (χ0v) is 18.3. The number of nitrogens with one attached hydrogen (secondary N) is 1. The third-order valence-electron chi connectivity index (χ3n) is 4.72. The zero-order valence-electron chi connectivity index (χ0n) is 16.7. The van der Waals surface area contributed by atoms with Gasteiger partial charge in [-0.15, -0.1) is 0 Å². The molecule has 1 saturated heterocycles. The van der Waals surface area contributed by atoms with Crippen LogP contribution in [0.2, 0.25) is 5.02 Å². The maximum absolute atomic E-state index is 12.9. The van der Waals surface area contributed by atoms with E-state index in [0.29, 0.717) is 13.1 Å². The number of rotatable bonds is 6. The molecule has 10 nitrogen and oxygen atoms in total. The van der Waals surface area contributed by atoms with Gasteiger partial charge in [0.2, 0.25) is 10.0 Å². The fraction of sp³-hybridized carbons (Fsp3) is 0.368. The molecule has 166 valence electrons. The highest BCUT2D eigenvalue weighted by atomic mass is 35.5. The maximum atomic E-state index is 12.9. The van der Waals surface area contributed by atoms with Crippen molar-refractivity contribution in [2.45, 2.75) is 37.2 Å². The molecular formula is C19H22ClN5O5S. The Balaban J connectivity index is 1.73. The van der Waals surface area contributed by atoms with Gasteiger partial charge in [0, 0.05) is 25.5 Å². The Labute approximate surface area is 184 Å². The van der Waals surface area contributed by atoms with Crippen molar-refractivity contribution in [3.63, 3.8) is 0 Å². The van der Waals surface area contributed by atoms with E-state index in [4.69, 9.17) is 22.1 Å². The third kappa shape index (κ3) is 5.30. The molecule has 3 N–H and O–H groups in total. The third-order valence-corrected chi connectivity index (χ3v) is 6.95. The van der Waals surface area contributed by atoms with Gasteiger partial charge in [-0.2, -0.15) is 4.31 Å². The summed E-state index contributed by atoms with van der Waals surface area (Å²) in [5.74, 6) is -1.75. The summed E-state index contributed by atoms with van der Waals surface area (Å²) in [6.45, 7) is 2.25. The molecule has 2 aromatic rings. The largest absolute Gasteiger partial charge is 0.448 e. The molecule has 1 aliphatic heterocycles. The summed E-state index contributed by atoms with van der Waals surface area (Å²) >= 11 is 6.14. The molecule has 12 heteroatoms. The number of halogens is 1. The van der Waals surface area contributed by atoms with Crippen molar-refractivity contribution in [3.05, 3.63) is 41.3 Å². The molecule has 31 heavy (non-hydrogen) atoms. The molecule has 0 aliphatic carbocycles. The fourth-order valence-electron chi connectivity index (χ4n) is 3.03. The van der Waals surface area contributed by atoms with Gasteiger partial charge in [0.05, 0.1) is 15.6 Å². The molecule has 3 rings (SSSR count). The van der Waals surface area contributed by atoms with Gasteiger partial charge in [0.25, 0.3) is 5.91 Å². The number of hydrogen-bond acceptors (Lipinski definition) is 8. The second kappa shape index (κ2) is 9.58. The van der Waals surface area contributed by atoms with Crippen molar-refractivity contribution in [3.8, 4) is 0 Å². The van der Waals surface area contributed by atoms with Crippen LogP contribution in [0.5, 0.6) is 0 Å². The quantitative estimate of drug-likeness (QED) is 0.614. The van der Waals surface area contributed by atoms with Crippen molar-refractivity contribution in [1.29, 1.82) is 0 Å². The Kier molecular flexibility index (Phi) is 7.08. The van der Waals surface area contributed by atoms with E-state index in [0.717, 1.165) is 19.3 Å². The van der Waals surface area contributed by atoms with Crippen LogP contribution in [-0.4, -0.2) is 53.8 Å². The van der Waals surface area contributed by atoms with Crippen molar-refractivity contribution in [1.82, 2.24) is 14.3 Å². The average Bonchev–Trinajstić information content (AvgIpc) is 2.75. The van der Waals surface area contributed by atoms with E-state index in [9.17, 15) is 18.0 Å². The highest BCUT2D eigenvalue weighted by Gasteiger charge is 2.27. The molecule has 1 fully saturated rings. The number of ether oxygens (including phenoxy) is 1. The first-order valence-electron chi connectivity index (χ1n) is 9.58. The van der Waals surface area contributed by atoms with Gasteiger partial charge in [-0.1, -0.05) is 18.0 Å². The average molecular weight is 468 g/mol. The number of sulfonamides is 1. The van der Waals surface area contributed by atoms with Crippen LogP contribution in [0.1, 0.15) is 36.7 Å². The number of carbonyl (C=O) groups is 2. The van der Waals surface area contributed by atoms with Crippen LogP contribution in [0.25, 0.3) is 0 Å². The Morgan fingerprint density at radius 1 is 1.19 bits per heavy atom. The number of piperidine rings is 1. The van der Waals surface area contributed by atoms with E-state index < -0.39 is 28.0 Å². The summed E-state index contributed by atoms with van der Waals surface area (Å²) in [5, 5.41) is 2.64. The minimum Gasteiger partial charge on any atom is -0.448 e. The van der Waals surface area contributed by atoms with Crippen LogP contribution >= 0.6 is 11.6 Å². The summed E-state index contributed by atoms with van der Waals surface area (Å²) in [6, 6.07) is 4.08. The van der Waals surface area contributed by atoms with Gasteiger partial charge < -0.3 is 15.8 Å². The minimum absolute atomic E-state index is 0.0195. The van der Waals surface area contributed by atoms with Gasteiger partial charge >= 0.3 is 5.97 Å². The molecule has 0 radical (unpaired) electrons. The molecule has 1 amide bonds. The Morgan fingerprint density at radius 2 is 1.87 bits per heavy atom. The molecule has 1 aliphatic rings. The molecule has 0 bridgehead atoms. The summed E-state index contributed by atoms with van der Waals surface area (Å²) in [7, 11) is -3.71. The van der Waals surface area contributed by atoms with Crippen molar-refractivity contribution in [2.24, 2.45) is 0 Å². The lowest BCUT2D eigenvalue weighted by molar-refractivity contribution is -0.123. The first kappa shape index (κ1) is 22.9. The van der Waals surface area contributed by atoms with E-state index in [2.05, 4.69) is 15.3 Å². The zero-order chi connectivity index (χ0) is 22.6. The number of hydrogen-bond donors (Lipinski definition) is 2. The van der Waals surface area contributed by atoms with E-state index in [1.165, 1.54) is 41.8 Å². The smallest absolute Gasteiger partial charge is 0.361 e. The fourth-order valence-corrected chi connectivity index (χ4v) is 4.73. The predicted octanol–water partition coefficient (Wildman–Crippen LogP) is 2.07. The van der Waals surface area contributed by atoms with E-state index in [-0.39, 0.29) is 27.1 Å². The summed E-state index contributed by atoms with van der Waals surface area (Å²) in [4.78, 5) is 32.2. The van der Waals surface area contributed by atoms with Gasteiger partial charge in [-0.25, -0.2) is 23.2 Å². The van der Waals surface area contributed by atoms with Crippen LogP contribution in [0.3, 0.4) is 0 Å². The highest BCUT2D eigenvalue weighted by molar-refractivity contribution is 7.89. The first-order chi connectivity index (χ1) is 14.7. The van der Waals surface area contributed by atoms with Crippen LogP contribution in [0.4, 0.5) is 11.5 Å². The summed E-state index contributed by atoms with van der Waals surface area (Å²) in [5.41, 5.74) is 5.46. The van der Waals surface area contributed by atoms with Crippen molar-refractivity contribution in [2.75, 3.05) is 24.1 Å².